The zero-order valence-corrected chi connectivity index (χ0v) is 9.99. The number of rotatable bonds is 6. The highest BCUT2D eigenvalue weighted by molar-refractivity contribution is 7.98. The van der Waals surface area contributed by atoms with Gasteiger partial charge in [-0.1, -0.05) is 32.3 Å². The van der Waals surface area contributed by atoms with E-state index in [1.54, 1.807) is 11.8 Å². The minimum atomic E-state index is 1.19. The molecular formula is C13H19S. The molecule has 0 aliphatic carbocycles. The molecule has 0 heterocycles. The van der Waals surface area contributed by atoms with Gasteiger partial charge in [-0.2, -0.15) is 0 Å². The van der Waals surface area contributed by atoms with Crippen LogP contribution >= 0.6 is 11.8 Å². The quantitative estimate of drug-likeness (QED) is 0.494. The van der Waals surface area contributed by atoms with E-state index in [9.17, 15) is 0 Å². The average Bonchev–Trinajstić information content (AvgIpc) is 2.25. The lowest BCUT2D eigenvalue weighted by Gasteiger charge is -2.02. The third kappa shape index (κ3) is 4.19. The molecule has 1 rings (SSSR count). The number of aryl methyl sites for hydroxylation is 1. The topological polar surface area (TPSA) is 0 Å². The van der Waals surface area contributed by atoms with Crippen LogP contribution in [0.4, 0.5) is 0 Å². The molecule has 0 aromatic heterocycles. The summed E-state index contributed by atoms with van der Waals surface area (Å²) in [5.74, 6) is 0. The van der Waals surface area contributed by atoms with Crippen LogP contribution in [0.3, 0.4) is 0 Å². The summed E-state index contributed by atoms with van der Waals surface area (Å²) >= 11 is 1.81. The van der Waals surface area contributed by atoms with Crippen LogP contribution in [-0.2, 0) is 6.42 Å². The van der Waals surface area contributed by atoms with Gasteiger partial charge in [0.2, 0.25) is 0 Å². The largest absolute Gasteiger partial charge is 0.130 e. The molecule has 1 radical (unpaired) electrons. The maximum Gasteiger partial charge on any atom is 0.00722 e. The van der Waals surface area contributed by atoms with Gasteiger partial charge in [-0.15, -0.1) is 11.8 Å². The van der Waals surface area contributed by atoms with Gasteiger partial charge in [0.1, 0.15) is 0 Å². The van der Waals surface area contributed by atoms with Crippen molar-refractivity contribution >= 4 is 11.8 Å². The minimum absolute atomic E-state index is 1.19. The van der Waals surface area contributed by atoms with Crippen LogP contribution in [-0.4, -0.2) is 6.26 Å². The van der Waals surface area contributed by atoms with Gasteiger partial charge in [-0.3, -0.25) is 0 Å². The van der Waals surface area contributed by atoms with Crippen LogP contribution in [0.2, 0.25) is 0 Å². The predicted molar refractivity (Wildman–Crippen MR) is 64.9 cm³/mol. The van der Waals surface area contributed by atoms with Gasteiger partial charge < -0.3 is 0 Å². The highest BCUT2D eigenvalue weighted by atomic mass is 32.2. The molecule has 0 aliphatic rings. The first-order chi connectivity index (χ1) is 6.86. The normalized spacial score (nSPS) is 10.4. The maximum absolute atomic E-state index is 3.31. The third-order valence-corrected chi connectivity index (χ3v) is 3.09. The lowest BCUT2D eigenvalue weighted by Crippen LogP contribution is -1.86. The smallest absolute Gasteiger partial charge is 0.00722 e. The molecule has 0 aliphatic heterocycles. The van der Waals surface area contributed by atoms with E-state index in [4.69, 9.17) is 0 Å². The molecule has 0 spiro atoms. The minimum Gasteiger partial charge on any atom is -0.130 e. The van der Waals surface area contributed by atoms with Crippen LogP contribution in [0.1, 0.15) is 38.2 Å². The van der Waals surface area contributed by atoms with Crippen molar-refractivity contribution in [2.75, 3.05) is 6.26 Å². The zero-order valence-electron chi connectivity index (χ0n) is 9.18. The first-order valence-electron chi connectivity index (χ1n) is 5.41. The summed E-state index contributed by atoms with van der Waals surface area (Å²) in [7, 11) is 0. The summed E-state index contributed by atoms with van der Waals surface area (Å²) in [6.07, 6.45) is 8.65. The number of benzene rings is 1. The van der Waals surface area contributed by atoms with Gasteiger partial charge in [0.05, 0.1) is 0 Å². The molecule has 0 nitrogen and oxygen atoms in total. The molecule has 0 saturated heterocycles. The Hall–Kier alpha value is -0.430. The van der Waals surface area contributed by atoms with Gasteiger partial charge in [0.15, 0.2) is 0 Å². The molecule has 0 fully saturated rings. The van der Waals surface area contributed by atoms with Crippen molar-refractivity contribution in [2.24, 2.45) is 0 Å². The van der Waals surface area contributed by atoms with Crippen LogP contribution in [0, 0.1) is 6.07 Å². The Morgan fingerprint density at radius 3 is 2.86 bits per heavy atom. The standard InChI is InChI=1S/C13H19S/c1-3-4-5-6-8-12-9-7-10-13(11-12)14-2/h7,10-11H,3-6,8H2,1-2H3. The Morgan fingerprint density at radius 2 is 2.14 bits per heavy atom. The molecule has 14 heavy (non-hydrogen) atoms. The zero-order chi connectivity index (χ0) is 10.2. The Bertz CT molecular complexity index is 255. The number of thioether (sulfide) groups is 1. The molecule has 0 atom stereocenters. The van der Waals surface area contributed by atoms with E-state index < -0.39 is 0 Å². The van der Waals surface area contributed by atoms with E-state index >= 15 is 0 Å². The fraction of sp³-hybridized carbons (Fsp3) is 0.538. The molecule has 0 saturated carbocycles. The van der Waals surface area contributed by atoms with E-state index in [0.717, 1.165) is 0 Å². The van der Waals surface area contributed by atoms with Gasteiger partial charge in [-0.25, -0.2) is 0 Å². The third-order valence-electron chi connectivity index (χ3n) is 2.37. The Morgan fingerprint density at radius 1 is 1.29 bits per heavy atom. The molecule has 0 N–H and O–H groups in total. The van der Waals surface area contributed by atoms with Crippen molar-refractivity contribution in [3.8, 4) is 0 Å². The number of hydrogen-bond acceptors (Lipinski definition) is 1. The van der Waals surface area contributed by atoms with Crippen molar-refractivity contribution < 1.29 is 0 Å². The Kier molecular flexibility index (Phi) is 5.77. The molecule has 1 aromatic carbocycles. The molecule has 77 valence electrons. The number of unbranched alkanes of at least 4 members (excludes halogenated alkanes) is 3. The summed E-state index contributed by atoms with van der Waals surface area (Å²) in [5, 5.41) is 0. The van der Waals surface area contributed by atoms with E-state index in [0.29, 0.717) is 0 Å². The van der Waals surface area contributed by atoms with Crippen LogP contribution < -0.4 is 0 Å². The molecule has 1 heteroatoms. The van der Waals surface area contributed by atoms with E-state index in [-0.39, 0.29) is 0 Å². The lowest BCUT2D eigenvalue weighted by molar-refractivity contribution is 0.666. The van der Waals surface area contributed by atoms with Crippen LogP contribution in [0.15, 0.2) is 23.1 Å². The fourth-order valence-corrected chi connectivity index (χ4v) is 1.97. The Balaban J connectivity index is 2.34. The maximum atomic E-state index is 3.31. The van der Waals surface area contributed by atoms with Gasteiger partial charge in [0.25, 0.3) is 0 Å². The highest BCUT2D eigenvalue weighted by Gasteiger charge is 1.95. The van der Waals surface area contributed by atoms with Crippen LogP contribution in [0.25, 0.3) is 0 Å². The van der Waals surface area contributed by atoms with Gasteiger partial charge in [-0.05, 0) is 42.9 Å². The highest BCUT2D eigenvalue weighted by Crippen LogP contribution is 2.17. The monoisotopic (exact) mass is 207 g/mol. The van der Waals surface area contributed by atoms with E-state index in [2.05, 4.69) is 31.4 Å². The second-order valence-corrected chi connectivity index (χ2v) is 4.44. The molecule has 1 aromatic rings. The van der Waals surface area contributed by atoms with Crippen molar-refractivity contribution in [2.45, 2.75) is 43.9 Å². The van der Waals surface area contributed by atoms with Crippen molar-refractivity contribution in [1.29, 1.82) is 0 Å². The SMILES string of the molecule is CCCCCCc1[c]ccc(SC)c1. The molecule has 0 bridgehead atoms. The van der Waals surface area contributed by atoms with Crippen molar-refractivity contribution in [3.05, 3.63) is 29.8 Å². The summed E-state index contributed by atoms with van der Waals surface area (Å²) in [6.45, 7) is 2.25. The summed E-state index contributed by atoms with van der Waals surface area (Å²) in [4.78, 5) is 1.36. The Labute approximate surface area is 92.1 Å². The molecular weight excluding hydrogens is 188 g/mol. The summed E-state index contributed by atoms with van der Waals surface area (Å²) in [6, 6.07) is 9.74. The van der Waals surface area contributed by atoms with Gasteiger partial charge >= 0.3 is 0 Å². The average molecular weight is 207 g/mol. The second kappa shape index (κ2) is 6.94. The van der Waals surface area contributed by atoms with E-state index in [1.165, 1.54) is 42.6 Å². The first kappa shape index (κ1) is 11.6. The van der Waals surface area contributed by atoms with Crippen LogP contribution in [0.5, 0.6) is 0 Å². The van der Waals surface area contributed by atoms with Crippen molar-refractivity contribution in [3.63, 3.8) is 0 Å². The fourth-order valence-electron chi connectivity index (χ4n) is 1.51. The summed E-state index contributed by atoms with van der Waals surface area (Å²) < 4.78 is 0. The van der Waals surface area contributed by atoms with Crippen molar-refractivity contribution in [1.82, 2.24) is 0 Å². The lowest BCUT2D eigenvalue weighted by atomic mass is 10.1. The van der Waals surface area contributed by atoms with E-state index in [1.807, 2.05) is 6.07 Å². The summed E-state index contributed by atoms with van der Waals surface area (Å²) in [5.41, 5.74) is 1.37. The predicted octanol–water partition coefficient (Wildman–Crippen LogP) is 4.33. The van der Waals surface area contributed by atoms with Gasteiger partial charge in [0, 0.05) is 4.90 Å². The molecule has 0 amide bonds. The molecule has 0 unspecified atom stereocenters. The second-order valence-electron chi connectivity index (χ2n) is 3.56. The first-order valence-corrected chi connectivity index (χ1v) is 6.64. The number of hydrogen-bond donors (Lipinski definition) is 0.